The third-order valence-corrected chi connectivity index (χ3v) is 2.85. The summed E-state index contributed by atoms with van der Waals surface area (Å²) in [5.74, 6) is 2.06. The van der Waals surface area contributed by atoms with Gasteiger partial charge < -0.3 is 10.1 Å². The van der Waals surface area contributed by atoms with Gasteiger partial charge in [0, 0.05) is 6.20 Å². The first-order valence-corrected chi connectivity index (χ1v) is 6.33. The molecule has 1 rings (SSSR count). The van der Waals surface area contributed by atoms with Crippen molar-refractivity contribution in [3.8, 4) is 5.75 Å². The fourth-order valence-electron chi connectivity index (χ4n) is 1.69. The molecule has 0 amide bonds. The second-order valence-electron chi connectivity index (χ2n) is 4.95. The standard InChI is InChI=1S/C14H24N2O/c1-11(2)8-15-6-5-12(3)13-7-14(17-4)10-16-9-13/h7,9-12,15H,5-6,8H2,1-4H3. The van der Waals surface area contributed by atoms with Gasteiger partial charge in [-0.05, 0) is 43.0 Å². The molecule has 1 N–H and O–H groups in total. The molecule has 0 radical (unpaired) electrons. The van der Waals surface area contributed by atoms with E-state index in [1.165, 1.54) is 5.56 Å². The maximum Gasteiger partial charge on any atom is 0.137 e. The Morgan fingerprint density at radius 3 is 2.71 bits per heavy atom. The first-order chi connectivity index (χ1) is 8.13. The Balaban J connectivity index is 2.38. The van der Waals surface area contributed by atoms with E-state index in [0.717, 1.165) is 25.3 Å². The first kappa shape index (κ1) is 14.0. The molecule has 0 aliphatic heterocycles. The lowest BCUT2D eigenvalue weighted by Crippen LogP contribution is -2.21. The fraction of sp³-hybridized carbons (Fsp3) is 0.643. The predicted octanol–water partition coefficient (Wildman–Crippen LogP) is 2.83. The normalized spacial score (nSPS) is 12.8. The molecule has 0 saturated heterocycles. The number of hydrogen-bond donors (Lipinski definition) is 1. The van der Waals surface area contributed by atoms with Crippen molar-refractivity contribution in [3.05, 3.63) is 24.0 Å². The van der Waals surface area contributed by atoms with Gasteiger partial charge in [-0.2, -0.15) is 0 Å². The minimum absolute atomic E-state index is 0.511. The number of pyridine rings is 1. The summed E-state index contributed by atoms with van der Waals surface area (Å²) in [5.41, 5.74) is 1.25. The van der Waals surface area contributed by atoms with Crippen LogP contribution in [-0.4, -0.2) is 25.2 Å². The van der Waals surface area contributed by atoms with E-state index in [1.54, 1.807) is 13.3 Å². The highest BCUT2D eigenvalue weighted by Crippen LogP contribution is 2.21. The quantitative estimate of drug-likeness (QED) is 0.739. The Morgan fingerprint density at radius 2 is 2.06 bits per heavy atom. The Kier molecular flexibility index (Phi) is 5.98. The highest BCUT2D eigenvalue weighted by Gasteiger charge is 2.06. The van der Waals surface area contributed by atoms with Crippen LogP contribution in [0.4, 0.5) is 0 Å². The lowest BCUT2D eigenvalue weighted by molar-refractivity contribution is 0.411. The van der Waals surface area contributed by atoms with Crippen molar-refractivity contribution >= 4 is 0 Å². The molecule has 0 aliphatic rings. The third-order valence-electron chi connectivity index (χ3n) is 2.85. The number of methoxy groups -OCH3 is 1. The molecule has 1 unspecified atom stereocenters. The third kappa shape index (κ3) is 5.18. The zero-order valence-corrected chi connectivity index (χ0v) is 11.4. The van der Waals surface area contributed by atoms with Crippen LogP contribution in [0.15, 0.2) is 18.5 Å². The van der Waals surface area contributed by atoms with E-state index in [9.17, 15) is 0 Å². The smallest absolute Gasteiger partial charge is 0.137 e. The number of ether oxygens (including phenoxy) is 1. The number of aromatic nitrogens is 1. The van der Waals surface area contributed by atoms with Gasteiger partial charge in [0.05, 0.1) is 13.3 Å². The van der Waals surface area contributed by atoms with Crippen LogP contribution in [0.3, 0.4) is 0 Å². The molecule has 3 nitrogen and oxygen atoms in total. The van der Waals surface area contributed by atoms with Crippen LogP contribution >= 0.6 is 0 Å². The summed E-state index contributed by atoms with van der Waals surface area (Å²) in [7, 11) is 1.68. The molecular formula is C14H24N2O. The van der Waals surface area contributed by atoms with Crippen molar-refractivity contribution < 1.29 is 4.74 Å². The van der Waals surface area contributed by atoms with Gasteiger partial charge in [0.15, 0.2) is 0 Å². The summed E-state index contributed by atoms with van der Waals surface area (Å²) in [6.07, 6.45) is 4.80. The van der Waals surface area contributed by atoms with Crippen molar-refractivity contribution in [2.24, 2.45) is 5.92 Å². The van der Waals surface area contributed by atoms with Crippen molar-refractivity contribution in [2.75, 3.05) is 20.2 Å². The van der Waals surface area contributed by atoms with Crippen LogP contribution in [0.2, 0.25) is 0 Å². The van der Waals surface area contributed by atoms with Crippen molar-refractivity contribution in [1.82, 2.24) is 10.3 Å². The van der Waals surface area contributed by atoms with Crippen LogP contribution in [0.1, 0.15) is 38.7 Å². The second-order valence-corrected chi connectivity index (χ2v) is 4.95. The Bertz CT molecular complexity index is 326. The minimum atomic E-state index is 0.511. The van der Waals surface area contributed by atoms with Gasteiger partial charge >= 0.3 is 0 Å². The van der Waals surface area contributed by atoms with Crippen molar-refractivity contribution in [2.45, 2.75) is 33.1 Å². The Hall–Kier alpha value is -1.09. The average Bonchev–Trinajstić information content (AvgIpc) is 2.34. The molecule has 0 bridgehead atoms. The monoisotopic (exact) mass is 236 g/mol. The minimum Gasteiger partial charge on any atom is -0.495 e. The van der Waals surface area contributed by atoms with Crippen molar-refractivity contribution in [3.63, 3.8) is 0 Å². The zero-order chi connectivity index (χ0) is 12.7. The van der Waals surface area contributed by atoms with Gasteiger partial charge in [-0.15, -0.1) is 0 Å². The average molecular weight is 236 g/mol. The van der Waals surface area contributed by atoms with Gasteiger partial charge in [-0.3, -0.25) is 4.98 Å². The van der Waals surface area contributed by atoms with E-state index < -0.39 is 0 Å². The summed E-state index contributed by atoms with van der Waals surface area (Å²) in [4.78, 5) is 4.19. The molecule has 0 spiro atoms. The topological polar surface area (TPSA) is 34.1 Å². The summed E-state index contributed by atoms with van der Waals surface area (Å²) < 4.78 is 5.18. The van der Waals surface area contributed by atoms with Gasteiger partial charge in [-0.1, -0.05) is 20.8 Å². The molecule has 0 aliphatic carbocycles. The number of nitrogens with one attached hydrogen (secondary N) is 1. The molecule has 0 aromatic carbocycles. The van der Waals surface area contributed by atoms with Gasteiger partial charge in [0.25, 0.3) is 0 Å². The molecule has 3 heteroatoms. The molecule has 0 saturated carbocycles. The number of rotatable bonds is 7. The van der Waals surface area contributed by atoms with Crippen LogP contribution in [0.5, 0.6) is 5.75 Å². The van der Waals surface area contributed by atoms with Crippen LogP contribution in [-0.2, 0) is 0 Å². The van der Waals surface area contributed by atoms with Crippen LogP contribution < -0.4 is 10.1 Å². The Morgan fingerprint density at radius 1 is 1.29 bits per heavy atom. The Labute approximate surface area is 105 Å². The largest absolute Gasteiger partial charge is 0.495 e. The molecule has 1 aromatic heterocycles. The molecule has 1 heterocycles. The zero-order valence-electron chi connectivity index (χ0n) is 11.4. The fourth-order valence-corrected chi connectivity index (χ4v) is 1.69. The van der Waals surface area contributed by atoms with Crippen LogP contribution in [0.25, 0.3) is 0 Å². The molecular weight excluding hydrogens is 212 g/mol. The highest BCUT2D eigenvalue weighted by molar-refractivity contribution is 5.25. The lowest BCUT2D eigenvalue weighted by atomic mass is 9.99. The SMILES string of the molecule is COc1cncc(C(C)CCNCC(C)C)c1. The molecule has 0 fully saturated rings. The van der Waals surface area contributed by atoms with Gasteiger partial charge in [0.2, 0.25) is 0 Å². The maximum atomic E-state index is 5.18. The molecule has 17 heavy (non-hydrogen) atoms. The molecule has 96 valence electrons. The van der Waals surface area contributed by atoms with E-state index >= 15 is 0 Å². The van der Waals surface area contributed by atoms with E-state index in [2.05, 4.69) is 37.1 Å². The van der Waals surface area contributed by atoms with E-state index in [0.29, 0.717) is 11.8 Å². The summed E-state index contributed by atoms with van der Waals surface area (Å²) in [5, 5.41) is 3.46. The van der Waals surface area contributed by atoms with E-state index in [1.807, 2.05) is 6.20 Å². The van der Waals surface area contributed by atoms with Gasteiger partial charge in [-0.25, -0.2) is 0 Å². The maximum absolute atomic E-state index is 5.18. The van der Waals surface area contributed by atoms with Crippen LogP contribution in [0, 0.1) is 5.92 Å². The van der Waals surface area contributed by atoms with Crippen molar-refractivity contribution in [1.29, 1.82) is 0 Å². The number of nitrogens with zero attached hydrogens (tertiary/aromatic N) is 1. The summed E-state index contributed by atoms with van der Waals surface area (Å²) in [6, 6.07) is 2.07. The molecule has 1 aromatic rings. The van der Waals surface area contributed by atoms with E-state index in [4.69, 9.17) is 4.74 Å². The summed E-state index contributed by atoms with van der Waals surface area (Å²) in [6.45, 7) is 8.82. The van der Waals surface area contributed by atoms with Gasteiger partial charge in [0.1, 0.15) is 5.75 Å². The first-order valence-electron chi connectivity index (χ1n) is 6.33. The molecule has 1 atom stereocenters. The number of hydrogen-bond acceptors (Lipinski definition) is 3. The van der Waals surface area contributed by atoms with E-state index in [-0.39, 0.29) is 0 Å². The predicted molar refractivity (Wildman–Crippen MR) is 71.5 cm³/mol. The summed E-state index contributed by atoms with van der Waals surface area (Å²) >= 11 is 0. The lowest BCUT2D eigenvalue weighted by Gasteiger charge is -2.13. The highest BCUT2D eigenvalue weighted by atomic mass is 16.5. The second kappa shape index (κ2) is 7.28.